The summed E-state index contributed by atoms with van der Waals surface area (Å²) in [7, 11) is 1.51. The Balaban J connectivity index is 1.72. The van der Waals surface area contributed by atoms with Crippen molar-refractivity contribution in [2.24, 2.45) is 0 Å². The number of nitrogens with zero attached hydrogens (tertiary/aromatic N) is 4. The third-order valence-electron chi connectivity index (χ3n) is 4.59. The van der Waals surface area contributed by atoms with Crippen molar-refractivity contribution >= 4 is 5.91 Å². The molecule has 1 aliphatic rings. The maximum Gasteiger partial charge on any atom is 0.255 e. The van der Waals surface area contributed by atoms with Crippen LogP contribution < -0.4 is 15.6 Å². The molecule has 1 N–H and O–H groups in total. The van der Waals surface area contributed by atoms with Crippen LogP contribution in [0.4, 0.5) is 0 Å². The number of hydrogen-bond donors (Lipinski definition) is 1. The molecule has 29 heavy (non-hydrogen) atoms. The molecule has 0 radical (unpaired) electrons. The molecule has 9 nitrogen and oxygen atoms in total. The van der Waals surface area contributed by atoms with Crippen molar-refractivity contribution < 1.29 is 14.3 Å². The Hall–Kier alpha value is -3.59. The Kier molecular flexibility index (Phi) is 5.30. The zero-order chi connectivity index (χ0) is 20.2. The summed E-state index contributed by atoms with van der Waals surface area (Å²) >= 11 is 0. The van der Waals surface area contributed by atoms with E-state index in [1.807, 2.05) is 0 Å². The van der Waals surface area contributed by atoms with Crippen LogP contribution in [0.5, 0.6) is 5.75 Å². The van der Waals surface area contributed by atoms with Crippen LogP contribution in [0.25, 0.3) is 11.4 Å². The molecule has 0 saturated carbocycles. The van der Waals surface area contributed by atoms with Gasteiger partial charge in [0.1, 0.15) is 23.9 Å². The predicted octanol–water partition coefficient (Wildman–Crippen LogP) is 1.21. The van der Waals surface area contributed by atoms with Gasteiger partial charge in [-0.1, -0.05) is 12.1 Å². The lowest BCUT2D eigenvalue weighted by Gasteiger charge is -2.19. The van der Waals surface area contributed by atoms with E-state index in [0.29, 0.717) is 41.7 Å². The second-order valence-electron chi connectivity index (χ2n) is 6.39. The smallest absolute Gasteiger partial charge is 0.255 e. The fourth-order valence-electron chi connectivity index (χ4n) is 3.19. The number of methoxy groups -OCH3 is 1. The van der Waals surface area contributed by atoms with E-state index >= 15 is 0 Å². The van der Waals surface area contributed by atoms with Crippen molar-refractivity contribution in [3.05, 3.63) is 70.7 Å². The molecule has 1 amide bonds. The van der Waals surface area contributed by atoms with Gasteiger partial charge >= 0.3 is 0 Å². The number of carbonyl (C=O) groups excluding carboxylic acids is 1. The average molecular weight is 393 g/mol. The molecule has 1 aromatic carbocycles. The Morgan fingerprint density at radius 2 is 2.14 bits per heavy atom. The average Bonchev–Trinajstić information content (AvgIpc) is 2.97. The highest BCUT2D eigenvalue weighted by Crippen LogP contribution is 2.21. The fraction of sp³-hybridized carbons (Fsp3) is 0.250. The quantitative estimate of drug-likeness (QED) is 0.710. The van der Waals surface area contributed by atoms with E-state index in [2.05, 4.69) is 20.3 Å². The summed E-state index contributed by atoms with van der Waals surface area (Å²) in [5.74, 6) is 0.540. The second-order valence-corrected chi connectivity index (χ2v) is 6.39. The summed E-state index contributed by atoms with van der Waals surface area (Å²) in [6, 6.07) is 9.42. The van der Waals surface area contributed by atoms with Gasteiger partial charge in [0.15, 0.2) is 0 Å². The molecular weight excluding hydrogens is 374 g/mol. The van der Waals surface area contributed by atoms with Gasteiger partial charge in [-0.05, 0) is 18.2 Å². The standard InChI is InChI=1S/C20H19N5O4/c1-28-17-5-3-2-4-13(17)20(27)24-16-11-29-9-8-25-18(26)10-15(23-19(16)25)14-6-7-21-12-22-14/h2-7,10,12,16H,8-9,11H2,1H3,(H,24,27). The molecule has 1 unspecified atom stereocenters. The highest BCUT2D eigenvalue weighted by atomic mass is 16.5. The van der Waals surface area contributed by atoms with E-state index < -0.39 is 6.04 Å². The van der Waals surface area contributed by atoms with Gasteiger partial charge in [-0.2, -0.15) is 0 Å². The molecule has 1 aliphatic heterocycles. The number of nitrogens with one attached hydrogen (secondary N) is 1. The van der Waals surface area contributed by atoms with Gasteiger partial charge in [-0.25, -0.2) is 15.0 Å². The number of benzene rings is 1. The number of amides is 1. The lowest BCUT2D eigenvalue weighted by atomic mass is 10.1. The lowest BCUT2D eigenvalue weighted by Crippen LogP contribution is -2.35. The second kappa shape index (κ2) is 8.19. The van der Waals surface area contributed by atoms with Crippen molar-refractivity contribution in [1.82, 2.24) is 24.8 Å². The molecule has 1 atom stereocenters. The maximum atomic E-state index is 12.9. The first-order valence-corrected chi connectivity index (χ1v) is 9.07. The normalized spacial score (nSPS) is 15.8. The third-order valence-corrected chi connectivity index (χ3v) is 4.59. The molecule has 2 aromatic heterocycles. The van der Waals surface area contributed by atoms with Crippen LogP contribution >= 0.6 is 0 Å². The summed E-state index contributed by atoms with van der Waals surface area (Å²) in [5.41, 5.74) is 1.10. The van der Waals surface area contributed by atoms with E-state index in [4.69, 9.17) is 9.47 Å². The van der Waals surface area contributed by atoms with E-state index in [9.17, 15) is 9.59 Å². The van der Waals surface area contributed by atoms with Gasteiger partial charge in [0.05, 0.1) is 43.8 Å². The molecule has 4 rings (SSSR count). The lowest BCUT2D eigenvalue weighted by molar-refractivity contribution is 0.0853. The SMILES string of the molecule is COc1ccccc1C(=O)NC1COCCn2c1nc(-c1ccncn1)cc2=O. The molecular formula is C20H19N5O4. The Morgan fingerprint density at radius 1 is 1.28 bits per heavy atom. The molecule has 3 aromatic rings. The van der Waals surface area contributed by atoms with Crippen LogP contribution in [-0.4, -0.2) is 45.7 Å². The third kappa shape index (κ3) is 3.85. The monoisotopic (exact) mass is 393 g/mol. The van der Waals surface area contributed by atoms with Crippen LogP contribution in [0.3, 0.4) is 0 Å². The number of aromatic nitrogens is 4. The van der Waals surface area contributed by atoms with Gasteiger partial charge < -0.3 is 14.8 Å². The van der Waals surface area contributed by atoms with Crippen LogP contribution in [0.1, 0.15) is 22.2 Å². The molecule has 9 heteroatoms. The maximum absolute atomic E-state index is 12.9. The Labute approximate surface area is 166 Å². The van der Waals surface area contributed by atoms with Crippen molar-refractivity contribution in [2.75, 3.05) is 20.3 Å². The van der Waals surface area contributed by atoms with Crippen molar-refractivity contribution in [3.8, 4) is 17.1 Å². The molecule has 0 bridgehead atoms. The number of rotatable bonds is 4. The zero-order valence-corrected chi connectivity index (χ0v) is 15.7. The zero-order valence-electron chi connectivity index (χ0n) is 15.7. The molecule has 0 spiro atoms. The molecule has 0 aliphatic carbocycles. The minimum atomic E-state index is -0.607. The minimum Gasteiger partial charge on any atom is -0.496 e. The van der Waals surface area contributed by atoms with Gasteiger partial charge in [-0.15, -0.1) is 0 Å². The number of fused-ring (bicyclic) bond motifs is 1. The largest absolute Gasteiger partial charge is 0.496 e. The first-order valence-electron chi connectivity index (χ1n) is 9.07. The topological polar surface area (TPSA) is 108 Å². The Morgan fingerprint density at radius 3 is 2.93 bits per heavy atom. The summed E-state index contributed by atoms with van der Waals surface area (Å²) in [6.45, 7) is 0.898. The first-order chi connectivity index (χ1) is 14.2. The van der Waals surface area contributed by atoms with E-state index in [1.165, 1.54) is 24.1 Å². The predicted molar refractivity (Wildman–Crippen MR) is 104 cm³/mol. The molecule has 148 valence electrons. The van der Waals surface area contributed by atoms with Crippen molar-refractivity contribution in [1.29, 1.82) is 0 Å². The molecule has 3 heterocycles. The molecule has 0 saturated heterocycles. The van der Waals surface area contributed by atoms with E-state index in [-0.39, 0.29) is 18.1 Å². The summed E-state index contributed by atoms with van der Waals surface area (Å²) < 4.78 is 12.4. The molecule has 0 fully saturated rings. The Bertz CT molecular complexity index is 1080. The summed E-state index contributed by atoms with van der Waals surface area (Å²) in [6.07, 6.45) is 2.97. The number of hydrogen-bond acceptors (Lipinski definition) is 7. The number of ether oxygens (including phenoxy) is 2. The van der Waals surface area contributed by atoms with E-state index in [0.717, 1.165) is 0 Å². The van der Waals surface area contributed by atoms with Crippen LogP contribution in [0.2, 0.25) is 0 Å². The van der Waals surface area contributed by atoms with Crippen LogP contribution in [-0.2, 0) is 11.3 Å². The van der Waals surface area contributed by atoms with Gasteiger partial charge in [0, 0.05) is 12.3 Å². The van der Waals surface area contributed by atoms with Crippen molar-refractivity contribution in [3.63, 3.8) is 0 Å². The van der Waals surface area contributed by atoms with Gasteiger partial charge in [0.2, 0.25) is 0 Å². The summed E-state index contributed by atoms with van der Waals surface area (Å²) in [4.78, 5) is 38.2. The van der Waals surface area contributed by atoms with Crippen molar-refractivity contribution in [2.45, 2.75) is 12.6 Å². The number of carbonyl (C=O) groups is 1. The fourth-order valence-corrected chi connectivity index (χ4v) is 3.19. The van der Waals surface area contributed by atoms with Crippen LogP contribution in [0.15, 0.2) is 53.7 Å². The highest BCUT2D eigenvalue weighted by Gasteiger charge is 2.26. The highest BCUT2D eigenvalue weighted by molar-refractivity contribution is 5.97. The van der Waals surface area contributed by atoms with Gasteiger partial charge in [-0.3, -0.25) is 14.2 Å². The first kappa shape index (κ1) is 18.8. The van der Waals surface area contributed by atoms with E-state index in [1.54, 1.807) is 36.5 Å². The minimum absolute atomic E-state index is 0.195. The summed E-state index contributed by atoms with van der Waals surface area (Å²) in [5, 5.41) is 2.91. The van der Waals surface area contributed by atoms with Gasteiger partial charge in [0.25, 0.3) is 11.5 Å². The number of para-hydroxylation sites is 1. The van der Waals surface area contributed by atoms with Crippen LogP contribution in [0, 0.1) is 0 Å².